The highest BCUT2D eigenvalue weighted by atomic mass is 35.5. The van der Waals surface area contributed by atoms with Crippen LogP contribution in [0.5, 0.6) is 5.75 Å². The number of likely N-dealkylation sites (tertiary alicyclic amines) is 1. The van der Waals surface area contributed by atoms with E-state index in [1.807, 2.05) is 0 Å². The van der Waals surface area contributed by atoms with Gasteiger partial charge in [-0.3, -0.25) is 9.59 Å². The van der Waals surface area contributed by atoms with Crippen LogP contribution in [-0.2, 0) is 15.0 Å². The summed E-state index contributed by atoms with van der Waals surface area (Å²) in [6.45, 7) is 3.63. The summed E-state index contributed by atoms with van der Waals surface area (Å²) < 4.78 is 37.1. The molecule has 0 aromatic heterocycles. The van der Waals surface area contributed by atoms with Gasteiger partial charge in [0.15, 0.2) is 11.6 Å². The number of rotatable bonds is 7. The maximum absolute atomic E-state index is 16.1. The first-order valence-corrected chi connectivity index (χ1v) is 14.3. The Morgan fingerprint density at radius 1 is 1.07 bits per heavy atom. The van der Waals surface area contributed by atoms with Gasteiger partial charge in [-0.1, -0.05) is 41.4 Å². The number of amides is 2. The van der Waals surface area contributed by atoms with E-state index in [2.05, 4.69) is 5.32 Å². The molecule has 0 bridgehead atoms. The number of hydrogen-bond acceptors (Lipinski definition) is 3. The SMILES string of the molecule is CC(C)Oc1ccc(F)c(F)c1[C@H]1N(CCCCl)C(=O)C[C@@H](c2cccc(Cl)c2)[C@]12C(=O)Nc1cc(Cl)ccc12. The van der Waals surface area contributed by atoms with E-state index in [-0.39, 0.29) is 36.1 Å². The number of carbonyl (C=O) groups is 2. The summed E-state index contributed by atoms with van der Waals surface area (Å²) in [6, 6.07) is 12.9. The van der Waals surface area contributed by atoms with Crippen LogP contribution in [0.4, 0.5) is 14.5 Å². The molecule has 1 saturated heterocycles. The lowest BCUT2D eigenvalue weighted by Crippen LogP contribution is -2.58. The van der Waals surface area contributed by atoms with Gasteiger partial charge < -0.3 is 15.0 Å². The number of halogens is 5. The third kappa shape index (κ3) is 4.72. The van der Waals surface area contributed by atoms with E-state index < -0.39 is 41.0 Å². The number of carbonyl (C=O) groups excluding carboxylic acids is 2. The average Bonchev–Trinajstić information content (AvgIpc) is 3.18. The van der Waals surface area contributed by atoms with Gasteiger partial charge >= 0.3 is 0 Å². The molecule has 5 nitrogen and oxygen atoms in total. The van der Waals surface area contributed by atoms with Gasteiger partial charge in [-0.05, 0) is 67.8 Å². The molecule has 210 valence electrons. The van der Waals surface area contributed by atoms with Crippen molar-refractivity contribution >= 4 is 52.3 Å². The Bertz CT molecular complexity index is 1480. The van der Waals surface area contributed by atoms with Crippen LogP contribution in [0.25, 0.3) is 0 Å². The summed E-state index contributed by atoms with van der Waals surface area (Å²) in [4.78, 5) is 29.8. The zero-order chi connectivity index (χ0) is 28.8. The molecule has 1 fully saturated rings. The van der Waals surface area contributed by atoms with Crippen molar-refractivity contribution in [3.8, 4) is 5.75 Å². The van der Waals surface area contributed by atoms with Gasteiger partial charge in [-0.15, -0.1) is 11.6 Å². The Hall–Kier alpha value is -2.87. The second kappa shape index (κ2) is 11.2. The molecule has 40 heavy (non-hydrogen) atoms. The van der Waals surface area contributed by atoms with Crippen molar-refractivity contribution in [2.45, 2.75) is 50.2 Å². The lowest BCUT2D eigenvalue weighted by molar-refractivity contribution is -0.145. The Labute approximate surface area is 246 Å². The fraction of sp³-hybridized carbons (Fsp3) is 0.333. The summed E-state index contributed by atoms with van der Waals surface area (Å²) in [7, 11) is 0. The predicted octanol–water partition coefficient (Wildman–Crippen LogP) is 7.64. The molecule has 0 unspecified atom stereocenters. The Kier molecular flexibility index (Phi) is 8.01. The molecule has 3 aromatic carbocycles. The van der Waals surface area contributed by atoms with Crippen LogP contribution < -0.4 is 10.1 Å². The van der Waals surface area contributed by atoms with Crippen molar-refractivity contribution < 1.29 is 23.1 Å². The standard InChI is InChI=1S/C30H27Cl3F2N2O3/c1-16(2)40-24-10-9-22(34)27(35)26(24)28-30(20-8-7-19(33)14-23(20)36-29(30)39)21(17-5-3-6-18(32)13-17)15-25(38)37(28)12-4-11-31/h3,5-10,13-14,16,21,28H,4,11-12,15H2,1-2H3,(H,36,39)/t21-,28+,30-/m0/s1. The topological polar surface area (TPSA) is 58.6 Å². The number of nitrogens with zero attached hydrogens (tertiary/aromatic N) is 1. The van der Waals surface area contributed by atoms with Crippen LogP contribution in [0.2, 0.25) is 10.0 Å². The fourth-order valence-corrected chi connectivity index (χ4v) is 6.60. The van der Waals surface area contributed by atoms with Crippen molar-refractivity contribution in [2.75, 3.05) is 17.7 Å². The molecule has 0 radical (unpaired) electrons. The quantitative estimate of drug-likeness (QED) is 0.281. The number of anilines is 1. The minimum atomic E-state index is -1.59. The number of piperidine rings is 1. The Morgan fingerprint density at radius 3 is 2.52 bits per heavy atom. The van der Waals surface area contributed by atoms with E-state index >= 15 is 8.78 Å². The largest absolute Gasteiger partial charge is 0.491 e. The molecule has 3 atom stereocenters. The summed E-state index contributed by atoms with van der Waals surface area (Å²) in [5, 5.41) is 3.72. The lowest BCUT2D eigenvalue weighted by atomic mass is 9.58. The first kappa shape index (κ1) is 28.7. The highest BCUT2D eigenvalue weighted by Crippen LogP contribution is 2.61. The van der Waals surface area contributed by atoms with Gasteiger partial charge in [-0.2, -0.15) is 0 Å². The first-order chi connectivity index (χ1) is 19.1. The molecule has 2 aliphatic rings. The number of fused-ring (bicyclic) bond motifs is 2. The number of nitrogens with one attached hydrogen (secondary N) is 1. The molecule has 1 spiro atoms. The lowest BCUT2D eigenvalue weighted by Gasteiger charge is -2.51. The number of hydrogen-bond donors (Lipinski definition) is 1. The zero-order valence-electron chi connectivity index (χ0n) is 21.8. The maximum Gasteiger partial charge on any atom is 0.238 e. The van der Waals surface area contributed by atoms with Crippen LogP contribution in [0.15, 0.2) is 54.6 Å². The molecule has 1 N–H and O–H groups in total. The molecular weight excluding hydrogens is 581 g/mol. The predicted molar refractivity (Wildman–Crippen MR) is 152 cm³/mol. The molecule has 2 heterocycles. The maximum atomic E-state index is 16.1. The summed E-state index contributed by atoms with van der Waals surface area (Å²) in [6.07, 6.45) is -0.109. The second-order valence-corrected chi connectivity index (χ2v) is 11.5. The van der Waals surface area contributed by atoms with Gasteiger partial charge in [0.2, 0.25) is 11.8 Å². The van der Waals surface area contributed by atoms with E-state index in [4.69, 9.17) is 39.5 Å². The van der Waals surface area contributed by atoms with E-state index in [9.17, 15) is 9.59 Å². The van der Waals surface area contributed by atoms with E-state index in [1.165, 1.54) is 11.0 Å². The van der Waals surface area contributed by atoms with Gasteiger partial charge in [-0.25, -0.2) is 8.78 Å². The van der Waals surface area contributed by atoms with Gasteiger partial charge in [0.1, 0.15) is 11.2 Å². The zero-order valence-corrected chi connectivity index (χ0v) is 24.1. The van der Waals surface area contributed by atoms with Crippen LogP contribution in [0.1, 0.15) is 55.3 Å². The van der Waals surface area contributed by atoms with E-state index in [1.54, 1.807) is 56.3 Å². The van der Waals surface area contributed by atoms with Gasteiger partial charge in [0, 0.05) is 40.5 Å². The number of ether oxygens (including phenoxy) is 1. The van der Waals surface area contributed by atoms with Crippen molar-refractivity contribution in [3.63, 3.8) is 0 Å². The molecule has 0 aliphatic carbocycles. The highest BCUT2D eigenvalue weighted by molar-refractivity contribution is 6.31. The van der Waals surface area contributed by atoms with Crippen molar-refractivity contribution in [3.05, 3.63) is 93.0 Å². The molecule has 2 aliphatic heterocycles. The number of benzene rings is 3. The fourth-order valence-electron chi connectivity index (χ4n) is 6.11. The molecular formula is C30H27Cl3F2N2O3. The monoisotopic (exact) mass is 606 g/mol. The smallest absolute Gasteiger partial charge is 0.238 e. The normalized spacial score (nSPS) is 22.1. The third-order valence-corrected chi connectivity index (χ3v) is 8.29. The van der Waals surface area contributed by atoms with Gasteiger partial charge in [0.25, 0.3) is 0 Å². The summed E-state index contributed by atoms with van der Waals surface area (Å²) >= 11 is 18.7. The van der Waals surface area contributed by atoms with Crippen molar-refractivity contribution in [1.29, 1.82) is 0 Å². The molecule has 0 saturated carbocycles. The Balaban J connectivity index is 1.90. The first-order valence-electron chi connectivity index (χ1n) is 13.0. The summed E-state index contributed by atoms with van der Waals surface area (Å²) in [5.74, 6) is -3.63. The van der Waals surface area contributed by atoms with Crippen molar-refractivity contribution in [2.24, 2.45) is 0 Å². The molecule has 5 rings (SSSR count). The van der Waals surface area contributed by atoms with Crippen molar-refractivity contribution in [1.82, 2.24) is 4.90 Å². The van der Waals surface area contributed by atoms with Crippen LogP contribution >= 0.6 is 34.8 Å². The summed E-state index contributed by atoms with van der Waals surface area (Å²) in [5.41, 5.74) is -0.233. The molecule has 2 amide bonds. The van der Waals surface area contributed by atoms with E-state index in [0.29, 0.717) is 33.3 Å². The molecule has 3 aromatic rings. The third-order valence-electron chi connectivity index (χ3n) is 7.56. The Morgan fingerprint density at radius 2 is 1.82 bits per heavy atom. The van der Waals surface area contributed by atoms with Gasteiger partial charge in [0.05, 0.1) is 17.7 Å². The highest BCUT2D eigenvalue weighted by Gasteiger charge is 2.64. The van der Waals surface area contributed by atoms with Crippen LogP contribution in [-0.4, -0.2) is 35.2 Å². The second-order valence-electron chi connectivity index (χ2n) is 10.3. The minimum absolute atomic E-state index is 0.0453. The van der Waals surface area contributed by atoms with E-state index in [0.717, 1.165) is 6.07 Å². The van der Waals surface area contributed by atoms with Crippen LogP contribution in [0, 0.1) is 11.6 Å². The number of alkyl halides is 1. The molecule has 10 heteroatoms. The van der Waals surface area contributed by atoms with Crippen LogP contribution in [0.3, 0.4) is 0 Å². The average molecular weight is 608 g/mol. The minimum Gasteiger partial charge on any atom is -0.491 e.